The van der Waals surface area contributed by atoms with Crippen molar-refractivity contribution in [1.82, 2.24) is 15.0 Å². The Morgan fingerprint density at radius 2 is 1.23 bits per heavy atom. The van der Waals surface area contributed by atoms with Gasteiger partial charge in [-0.05, 0) is 36.4 Å². The summed E-state index contributed by atoms with van der Waals surface area (Å²) in [4.78, 5) is 14.4. The van der Waals surface area contributed by atoms with E-state index in [2.05, 4.69) is 99.5 Å². The van der Waals surface area contributed by atoms with Gasteiger partial charge in [0.1, 0.15) is 11.6 Å². The van der Waals surface area contributed by atoms with Gasteiger partial charge >= 0.3 is 8.48 Å². The monoisotopic (exact) mass is 520 g/mol. The van der Waals surface area contributed by atoms with Gasteiger partial charge in [-0.2, -0.15) is 0 Å². The van der Waals surface area contributed by atoms with Crippen LogP contribution in [0, 0.1) is 0 Å². The largest absolute Gasteiger partial charge is 0.517 e. The quantitative estimate of drug-likeness (QED) is 0.267. The molecule has 186 valence electrons. The van der Waals surface area contributed by atoms with Crippen molar-refractivity contribution in [1.29, 1.82) is 0 Å². The van der Waals surface area contributed by atoms with Crippen molar-refractivity contribution in [2.75, 3.05) is 4.57 Å². The molecule has 0 saturated carbocycles. The molecule has 7 rings (SSSR count). The minimum Gasteiger partial charge on any atom is -0.517 e. The first kappa shape index (κ1) is 23.1. The van der Waals surface area contributed by atoms with Crippen molar-refractivity contribution in [3.8, 4) is 28.1 Å². The van der Waals surface area contributed by atoms with E-state index in [1.807, 2.05) is 48.8 Å². The highest BCUT2D eigenvalue weighted by Gasteiger charge is 2.53. The highest BCUT2D eigenvalue weighted by Crippen LogP contribution is 2.45. The number of aromatic nitrogens is 3. The summed E-state index contributed by atoms with van der Waals surface area (Å²) in [6.45, 7) is 0. The summed E-state index contributed by atoms with van der Waals surface area (Å²) in [5, 5.41) is 1.99. The van der Waals surface area contributed by atoms with E-state index in [9.17, 15) is 0 Å². The molecular weight excluding hydrogens is 496 g/mol. The van der Waals surface area contributed by atoms with Crippen LogP contribution in [0.25, 0.3) is 22.4 Å². The van der Waals surface area contributed by atoms with Crippen LogP contribution in [0.3, 0.4) is 0 Å². The second kappa shape index (κ2) is 9.67. The van der Waals surface area contributed by atoms with Gasteiger partial charge < -0.3 is 8.99 Å². The summed E-state index contributed by atoms with van der Waals surface area (Å²) in [5.74, 6) is 1.63. The normalized spacial score (nSPS) is 13.5. The summed E-state index contributed by atoms with van der Waals surface area (Å²) < 4.78 is 9.68. The molecule has 0 fully saturated rings. The lowest BCUT2D eigenvalue weighted by molar-refractivity contribution is 0.566. The molecule has 0 radical (unpaired) electrons. The summed E-state index contributed by atoms with van der Waals surface area (Å²) >= 11 is 0. The Labute approximate surface area is 228 Å². The number of benzene rings is 3. The molecule has 5 nitrogen and oxygen atoms in total. The first-order chi connectivity index (χ1) is 19.3. The van der Waals surface area contributed by atoms with Gasteiger partial charge in [0.2, 0.25) is 0 Å². The summed E-state index contributed by atoms with van der Waals surface area (Å²) in [6, 6.07) is 41.3. The highest BCUT2D eigenvalue weighted by atomic mass is 28.4. The van der Waals surface area contributed by atoms with Crippen molar-refractivity contribution in [3.63, 3.8) is 0 Å². The standard InChI is InChI=1S/C33H24N4OSi/c1-2-11-25(12-3-1)30-17-8-20-33(36-30)37-31-18-6-4-15-28(31)29-16-5-7-19-32(29)38-39(37,26-13-9-21-34-23-26)27-14-10-22-35-24-27/h1-24H. The van der Waals surface area contributed by atoms with Gasteiger partial charge in [-0.15, -0.1) is 0 Å². The van der Waals surface area contributed by atoms with Crippen LogP contribution in [0.4, 0.5) is 11.5 Å². The third kappa shape index (κ3) is 3.89. The molecule has 39 heavy (non-hydrogen) atoms. The van der Waals surface area contributed by atoms with E-state index in [4.69, 9.17) is 9.41 Å². The van der Waals surface area contributed by atoms with Gasteiger partial charge in [0.25, 0.3) is 0 Å². The Balaban J connectivity index is 1.60. The molecule has 6 aromatic rings. The summed E-state index contributed by atoms with van der Waals surface area (Å²) in [6.07, 6.45) is 7.44. The molecule has 0 N–H and O–H groups in total. The van der Waals surface area contributed by atoms with Crippen molar-refractivity contribution in [2.45, 2.75) is 0 Å². The third-order valence-corrected chi connectivity index (χ3v) is 10.8. The molecule has 4 heterocycles. The third-order valence-electron chi connectivity index (χ3n) is 7.03. The fraction of sp³-hybridized carbons (Fsp3) is 0. The number of hydrogen-bond acceptors (Lipinski definition) is 5. The Morgan fingerprint density at radius 1 is 0.564 bits per heavy atom. The lowest BCUT2D eigenvalue weighted by Crippen LogP contribution is -2.73. The zero-order valence-corrected chi connectivity index (χ0v) is 22.1. The summed E-state index contributed by atoms with van der Waals surface area (Å²) in [7, 11) is -3.34. The molecule has 3 aromatic heterocycles. The fourth-order valence-corrected chi connectivity index (χ4v) is 9.12. The molecule has 0 atom stereocenters. The van der Waals surface area contributed by atoms with E-state index >= 15 is 0 Å². The van der Waals surface area contributed by atoms with E-state index in [1.54, 1.807) is 12.4 Å². The molecule has 3 aromatic carbocycles. The summed E-state index contributed by atoms with van der Waals surface area (Å²) in [5.41, 5.74) is 5.11. The van der Waals surface area contributed by atoms with Gasteiger partial charge in [0.15, 0.2) is 0 Å². The number of pyridine rings is 3. The van der Waals surface area contributed by atoms with E-state index in [0.717, 1.165) is 50.0 Å². The second-order valence-electron chi connectivity index (χ2n) is 9.33. The van der Waals surface area contributed by atoms with Gasteiger partial charge in [-0.1, -0.05) is 84.9 Å². The predicted molar refractivity (Wildman–Crippen MR) is 158 cm³/mol. The van der Waals surface area contributed by atoms with Gasteiger partial charge in [-0.3, -0.25) is 9.97 Å². The van der Waals surface area contributed by atoms with Crippen LogP contribution in [0.2, 0.25) is 0 Å². The zero-order valence-electron chi connectivity index (χ0n) is 21.1. The average molecular weight is 521 g/mol. The van der Waals surface area contributed by atoms with Crippen molar-refractivity contribution in [2.24, 2.45) is 0 Å². The maximum Gasteiger partial charge on any atom is 0.437 e. The molecule has 0 spiro atoms. The molecule has 0 amide bonds. The van der Waals surface area contributed by atoms with Crippen molar-refractivity contribution < 1.29 is 4.43 Å². The van der Waals surface area contributed by atoms with Gasteiger partial charge in [0, 0.05) is 57.5 Å². The van der Waals surface area contributed by atoms with Crippen molar-refractivity contribution in [3.05, 3.63) is 146 Å². The van der Waals surface area contributed by atoms with Crippen LogP contribution in [-0.2, 0) is 0 Å². The van der Waals surface area contributed by atoms with E-state index in [0.29, 0.717) is 0 Å². The minimum atomic E-state index is -3.34. The van der Waals surface area contributed by atoms with Crippen LogP contribution in [0.5, 0.6) is 5.75 Å². The number of anilines is 2. The zero-order chi connectivity index (χ0) is 26.1. The fourth-order valence-electron chi connectivity index (χ4n) is 5.32. The van der Waals surface area contributed by atoms with Gasteiger partial charge in [-0.25, -0.2) is 4.98 Å². The SMILES string of the molecule is c1ccc(-c2cccc(N3c4ccccc4-c4ccccc4O[Si]3(c3cccnc3)c3cccnc3)n2)cc1. The van der Waals surface area contributed by atoms with E-state index < -0.39 is 8.48 Å². The highest BCUT2D eigenvalue weighted by molar-refractivity contribution is 7.01. The number of rotatable bonds is 4. The smallest absolute Gasteiger partial charge is 0.437 e. The Bertz CT molecular complexity index is 1710. The second-order valence-corrected chi connectivity index (χ2v) is 12.4. The molecule has 0 saturated heterocycles. The number of fused-ring (bicyclic) bond motifs is 3. The van der Waals surface area contributed by atoms with Crippen LogP contribution in [-0.4, -0.2) is 23.4 Å². The topological polar surface area (TPSA) is 51.1 Å². The number of hydrogen-bond donors (Lipinski definition) is 0. The van der Waals surface area contributed by atoms with Crippen LogP contribution in [0.1, 0.15) is 0 Å². The van der Waals surface area contributed by atoms with E-state index in [-0.39, 0.29) is 0 Å². The number of para-hydroxylation sites is 2. The maximum absolute atomic E-state index is 7.36. The number of nitrogens with zero attached hydrogens (tertiary/aromatic N) is 4. The van der Waals surface area contributed by atoms with Crippen LogP contribution >= 0.6 is 0 Å². The lowest BCUT2D eigenvalue weighted by Gasteiger charge is -2.41. The Kier molecular flexibility index (Phi) is 5.72. The molecule has 0 unspecified atom stereocenters. The maximum atomic E-state index is 7.36. The first-order valence-electron chi connectivity index (χ1n) is 12.9. The van der Waals surface area contributed by atoms with Crippen molar-refractivity contribution >= 4 is 30.4 Å². The molecule has 1 aliphatic rings. The lowest BCUT2D eigenvalue weighted by atomic mass is 10.0. The average Bonchev–Trinajstić information content (AvgIpc) is 3.16. The minimum absolute atomic E-state index is 0.802. The molecular formula is C33H24N4OSi. The molecule has 6 heteroatoms. The predicted octanol–water partition coefficient (Wildman–Crippen LogP) is 5.99. The Morgan fingerprint density at radius 3 is 1.95 bits per heavy atom. The van der Waals surface area contributed by atoms with Gasteiger partial charge in [0.05, 0.1) is 5.69 Å². The molecule has 0 bridgehead atoms. The van der Waals surface area contributed by atoms with Crippen LogP contribution in [0.15, 0.2) is 146 Å². The molecule has 1 aliphatic heterocycles. The molecule has 0 aliphatic carbocycles. The van der Waals surface area contributed by atoms with Crippen LogP contribution < -0.4 is 19.4 Å². The Hall–Kier alpha value is -5.07. The van der Waals surface area contributed by atoms with E-state index in [1.165, 1.54) is 0 Å². The first-order valence-corrected chi connectivity index (χ1v) is 14.7.